The number of hydrogen-bond acceptors (Lipinski definition) is 3. The molecular formula is C10H12F3N3O. The molecule has 1 N–H and O–H groups in total. The summed E-state index contributed by atoms with van der Waals surface area (Å²) in [6.07, 6.45) is -1.31. The van der Waals surface area contributed by atoms with E-state index in [9.17, 15) is 18.0 Å². The first-order chi connectivity index (χ1) is 7.90. The van der Waals surface area contributed by atoms with Crippen LogP contribution in [0.25, 0.3) is 0 Å². The number of alkyl halides is 3. The highest BCUT2D eigenvalue weighted by Gasteiger charge is 2.26. The molecule has 0 spiro atoms. The third-order valence-electron chi connectivity index (χ3n) is 2.03. The number of halogens is 3. The molecular weight excluding hydrogens is 235 g/mol. The molecule has 0 aromatic carbocycles. The molecule has 0 fully saturated rings. The highest BCUT2D eigenvalue weighted by Crippen LogP contribution is 2.12. The van der Waals surface area contributed by atoms with Gasteiger partial charge in [0.25, 0.3) is 0 Å². The lowest BCUT2D eigenvalue weighted by Crippen LogP contribution is -2.39. The zero-order valence-electron chi connectivity index (χ0n) is 9.16. The molecule has 0 bridgehead atoms. The van der Waals surface area contributed by atoms with E-state index in [1.54, 1.807) is 12.1 Å². The zero-order valence-corrected chi connectivity index (χ0v) is 9.16. The number of nitrogens with zero attached hydrogens (tertiary/aromatic N) is 2. The quantitative estimate of drug-likeness (QED) is 0.869. The van der Waals surface area contributed by atoms with E-state index in [1.807, 2.05) is 5.32 Å². The maximum absolute atomic E-state index is 11.8. The van der Waals surface area contributed by atoms with Gasteiger partial charge >= 0.3 is 6.18 Å². The first-order valence-corrected chi connectivity index (χ1v) is 4.84. The Kier molecular flexibility index (Phi) is 4.45. The molecule has 7 heteroatoms. The van der Waals surface area contributed by atoms with Gasteiger partial charge < -0.3 is 10.2 Å². The van der Waals surface area contributed by atoms with Crippen LogP contribution in [-0.4, -0.2) is 37.2 Å². The molecule has 1 aromatic heterocycles. The molecule has 0 saturated heterocycles. The first kappa shape index (κ1) is 13.4. The third-order valence-corrected chi connectivity index (χ3v) is 2.03. The van der Waals surface area contributed by atoms with Gasteiger partial charge in [-0.2, -0.15) is 13.2 Å². The summed E-state index contributed by atoms with van der Waals surface area (Å²) >= 11 is 0. The summed E-state index contributed by atoms with van der Waals surface area (Å²) in [5.74, 6) is -0.444. The fourth-order valence-corrected chi connectivity index (χ4v) is 1.14. The Labute approximate surface area is 96.4 Å². The van der Waals surface area contributed by atoms with Crippen molar-refractivity contribution in [2.75, 3.05) is 25.0 Å². The smallest absolute Gasteiger partial charge is 0.314 e. The van der Waals surface area contributed by atoms with Gasteiger partial charge in [0.1, 0.15) is 0 Å². The number of pyridine rings is 1. The molecule has 4 nitrogen and oxygen atoms in total. The van der Waals surface area contributed by atoms with Crippen LogP contribution in [0.3, 0.4) is 0 Å². The molecule has 0 aliphatic heterocycles. The van der Waals surface area contributed by atoms with E-state index in [4.69, 9.17) is 0 Å². The predicted molar refractivity (Wildman–Crippen MR) is 56.6 cm³/mol. The number of aromatic nitrogens is 1. The van der Waals surface area contributed by atoms with Crippen molar-refractivity contribution in [3.05, 3.63) is 24.5 Å². The highest BCUT2D eigenvalue weighted by molar-refractivity contribution is 5.94. The first-order valence-electron chi connectivity index (χ1n) is 4.84. The van der Waals surface area contributed by atoms with Crippen molar-refractivity contribution >= 4 is 11.6 Å². The van der Waals surface area contributed by atoms with Crippen molar-refractivity contribution in [3.8, 4) is 0 Å². The van der Waals surface area contributed by atoms with Gasteiger partial charge in [-0.15, -0.1) is 0 Å². The Balaban J connectivity index is 2.43. The molecule has 1 rings (SSSR count). The third kappa shape index (κ3) is 4.81. The fourth-order valence-electron chi connectivity index (χ4n) is 1.14. The summed E-state index contributed by atoms with van der Waals surface area (Å²) in [6, 6.07) is 3.20. The second kappa shape index (κ2) is 5.62. The average Bonchev–Trinajstić information content (AvgIpc) is 2.27. The van der Waals surface area contributed by atoms with E-state index in [0.29, 0.717) is 5.69 Å². The van der Waals surface area contributed by atoms with Gasteiger partial charge in [0.15, 0.2) is 0 Å². The van der Waals surface area contributed by atoms with Gasteiger partial charge in [-0.25, -0.2) is 0 Å². The molecule has 0 aliphatic carbocycles. The highest BCUT2D eigenvalue weighted by atomic mass is 19.4. The number of hydrogen-bond donors (Lipinski definition) is 1. The second-order valence-corrected chi connectivity index (χ2v) is 3.38. The van der Waals surface area contributed by atoms with Crippen molar-refractivity contribution < 1.29 is 18.0 Å². The van der Waals surface area contributed by atoms with Crippen molar-refractivity contribution in [1.82, 2.24) is 10.3 Å². The number of carbonyl (C=O) groups is 1. The van der Waals surface area contributed by atoms with Gasteiger partial charge in [-0.1, -0.05) is 0 Å². The molecule has 0 saturated carbocycles. The van der Waals surface area contributed by atoms with Crippen LogP contribution in [0.4, 0.5) is 18.9 Å². The summed E-state index contributed by atoms with van der Waals surface area (Å²) in [7, 11) is 1.49. The normalized spacial score (nSPS) is 11.3. The molecule has 1 heterocycles. The summed E-state index contributed by atoms with van der Waals surface area (Å²) in [4.78, 5) is 16.6. The average molecular weight is 247 g/mol. The van der Waals surface area contributed by atoms with Crippen molar-refractivity contribution in [3.63, 3.8) is 0 Å². The number of rotatable bonds is 4. The van der Waals surface area contributed by atoms with E-state index in [2.05, 4.69) is 4.98 Å². The fraction of sp³-hybridized carbons (Fsp3) is 0.400. The number of amides is 1. The zero-order chi connectivity index (χ0) is 12.9. The molecule has 1 aromatic rings. The number of carbonyl (C=O) groups excluding carboxylic acids is 1. The van der Waals surface area contributed by atoms with Crippen LogP contribution in [0.5, 0.6) is 0 Å². The Bertz CT molecular complexity index is 367. The predicted octanol–water partition coefficient (Wildman–Crippen LogP) is 1.20. The van der Waals surface area contributed by atoms with E-state index in [0.717, 1.165) is 0 Å². The van der Waals surface area contributed by atoms with Crippen molar-refractivity contribution in [2.24, 2.45) is 0 Å². The second-order valence-electron chi connectivity index (χ2n) is 3.38. The topological polar surface area (TPSA) is 45.2 Å². The number of anilines is 1. The lowest BCUT2D eigenvalue weighted by molar-refractivity contribution is -0.127. The molecule has 94 valence electrons. The lowest BCUT2D eigenvalue weighted by Gasteiger charge is -2.17. The maximum atomic E-state index is 11.8. The van der Waals surface area contributed by atoms with Gasteiger partial charge in [-0.05, 0) is 12.1 Å². The minimum Gasteiger partial charge on any atom is -0.314 e. The Morgan fingerprint density at radius 1 is 1.41 bits per heavy atom. The van der Waals surface area contributed by atoms with Crippen LogP contribution in [0.1, 0.15) is 0 Å². The van der Waals surface area contributed by atoms with Crippen molar-refractivity contribution in [1.29, 1.82) is 0 Å². The van der Waals surface area contributed by atoms with Crippen LogP contribution < -0.4 is 10.2 Å². The van der Waals surface area contributed by atoms with E-state index in [1.165, 1.54) is 24.3 Å². The minimum absolute atomic E-state index is 0.363. The standard InChI is InChI=1S/C10H12F3N3O/c1-16(8-2-4-14-5-3-8)9(17)6-15-7-10(11,12)13/h2-5,15H,6-7H2,1H3. The molecule has 0 unspecified atom stereocenters. The maximum Gasteiger partial charge on any atom is 0.401 e. The van der Waals surface area contributed by atoms with Crippen LogP contribution in [0, 0.1) is 0 Å². The minimum atomic E-state index is -4.31. The Hall–Kier alpha value is -1.63. The van der Waals surface area contributed by atoms with E-state index >= 15 is 0 Å². The molecule has 1 amide bonds. The molecule has 0 atom stereocenters. The Morgan fingerprint density at radius 2 is 2.00 bits per heavy atom. The van der Waals surface area contributed by atoms with Gasteiger partial charge in [0.05, 0.1) is 13.1 Å². The largest absolute Gasteiger partial charge is 0.401 e. The van der Waals surface area contributed by atoms with E-state index < -0.39 is 18.6 Å². The summed E-state index contributed by atoms with van der Waals surface area (Å²) in [5.41, 5.74) is 0.582. The monoisotopic (exact) mass is 247 g/mol. The van der Waals surface area contributed by atoms with Gasteiger partial charge in [0, 0.05) is 25.1 Å². The van der Waals surface area contributed by atoms with Crippen molar-refractivity contribution in [2.45, 2.75) is 6.18 Å². The number of nitrogens with one attached hydrogen (secondary N) is 1. The Morgan fingerprint density at radius 3 is 2.53 bits per heavy atom. The van der Waals surface area contributed by atoms with Crippen LogP contribution >= 0.6 is 0 Å². The summed E-state index contributed by atoms with van der Waals surface area (Å²) < 4.78 is 35.5. The lowest BCUT2D eigenvalue weighted by atomic mass is 10.3. The SMILES string of the molecule is CN(C(=O)CNCC(F)(F)F)c1ccncc1. The molecule has 0 radical (unpaired) electrons. The molecule has 17 heavy (non-hydrogen) atoms. The summed E-state index contributed by atoms with van der Waals surface area (Å²) in [5, 5.41) is 2.04. The van der Waals surface area contributed by atoms with E-state index in [-0.39, 0.29) is 6.54 Å². The van der Waals surface area contributed by atoms with Gasteiger partial charge in [0.2, 0.25) is 5.91 Å². The molecule has 0 aliphatic rings. The van der Waals surface area contributed by atoms with Crippen LogP contribution in [0.2, 0.25) is 0 Å². The summed E-state index contributed by atoms with van der Waals surface area (Å²) in [6.45, 7) is -1.54. The van der Waals surface area contributed by atoms with Crippen LogP contribution in [0.15, 0.2) is 24.5 Å². The number of likely N-dealkylation sites (N-methyl/N-ethyl adjacent to an activating group) is 1. The van der Waals surface area contributed by atoms with Crippen LogP contribution in [-0.2, 0) is 4.79 Å². The van der Waals surface area contributed by atoms with Gasteiger partial charge in [-0.3, -0.25) is 9.78 Å².